The van der Waals surface area contributed by atoms with Gasteiger partial charge >= 0.3 is 0 Å². The summed E-state index contributed by atoms with van der Waals surface area (Å²) in [5.41, 5.74) is 3.99. The van der Waals surface area contributed by atoms with E-state index < -0.39 is 0 Å². The molecule has 0 atom stereocenters. The number of nitrogens with one attached hydrogen (secondary N) is 2. The Morgan fingerprint density at radius 3 is 2.62 bits per heavy atom. The Morgan fingerprint density at radius 1 is 1.12 bits per heavy atom. The Labute approximate surface area is 190 Å². The molecule has 0 spiro atoms. The average Bonchev–Trinajstić information content (AvgIpc) is 3.29. The molecule has 0 bridgehead atoms. The monoisotopic (exact) mass is 432 g/mol. The van der Waals surface area contributed by atoms with E-state index in [1.54, 1.807) is 0 Å². The van der Waals surface area contributed by atoms with Crippen LogP contribution in [-0.2, 0) is 13.1 Å². The molecule has 2 aromatic carbocycles. The first kappa shape index (κ1) is 22.1. The Hall–Kier alpha value is -3.12. The number of aromatic amines is 1. The van der Waals surface area contributed by atoms with Crippen molar-refractivity contribution in [3.63, 3.8) is 0 Å². The number of rotatable bonds is 8. The van der Waals surface area contributed by atoms with Gasteiger partial charge in [0.2, 0.25) is 0 Å². The number of ether oxygens (including phenoxy) is 1. The zero-order valence-corrected chi connectivity index (χ0v) is 18.9. The number of aromatic nitrogens is 2. The maximum Gasteiger partial charge on any atom is 0.251 e. The molecule has 4 rings (SSSR count). The predicted molar refractivity (Wildman–Crippen MR) is 126 cm³/mol. The number of H-pyrrole nitrogens is 1. The van der Waals surface area contributed by atoms with Gasteiger partial charge in [0, 0.05) is 37.4 Å². The summed E-state index contributed by atoms with van der Waals surface area (Å²) in [6, 6.07) is 19.6. The zero-order valence-electron chi connectivity index (χ0n) is 18.9. The van der Waals surface area contributed by atoms with Gasteiger partial charge in [-0.05, 0) is 48.6 Å². The van der Waals surface area contributed by atoms with Gasteiger partial charge in [-0.15, -0.1) is 0 Å². The van der Waals surface area contributed by atoms with Crippen LogP contribution in [0.1, 0.15) is 59.9 Å². The van der Waals surface area contributed by atoms with Crippen molar-refractivity contribution in [1.29, 1.82) is 0 Å². The summed E-state index contributed by atoms with van der Waals surface area (Å²) < 4.78 is 6.22. The summed E-state index contributed by atoms with van der Waals surface area (Å²) in [6.07, 6.45) is 2.10. The Morgan fingerprint density at radius 2 is 1.91 bits per heavy atom. The smallest absolute Gasteiger partial charge is 0.251 e. The third-order valence-corrected chi connectivity index (χ3v) is 5.87. The molecule has 0 saturated carbocycles. The summed E-state index contributed by atoms with van der Waals surface area (Å²) in [5, 5.41) is 10.5. The molecule has 6 heteroatoms. The first-order valence-electron chi connectivity index (χ1n) is 11.4. The van der Waals surface area contributed by atoms with Crippen LogP contribution in [-0.4, -0.2) is 40.2 Å². The van der Waals surface area contributed by atoms with E-state index in [-0.39, 0.29) is 12.0 Å². The number of hydrogen-bond donors (Lipinski definition) is 2. The number of likely N-dealkylation sites (tertiary alicyclic amines) is 1. The van der Waals surface area contributed by atoms with E-state index in [0.29, 0.717) is 18.0 Å². The molecule has 2 N–H and O–H groups in total. The van der Waals surface area contributed by atoms with Crippen LogP contribution in [0.15, 0.2) is 60.7 Å². The topological polar surface area (TPSA) is 70.2 Å². The third kappa shape index (κ3) is 5.98. The van der Waals surface area contributed by atoms with Gasteiger partial charge in [0.1, 0.15) is 11.9 Å². The number of carbonyl (C=O) groups excluding carboxylic acids is 1. The summed E-state index contributed by atoms with van der Waals surface area (Å²) in [6.45, 7) is 7.69. The largest absolute Gasteiger partial charge is 0.490 e. The third-order valence-electron chi connectivity index (χ3n) is 5.87. The molecule has 0 radical (unpaired) electrons. The first-order valence-corrected chi connectivity index (χ1v) is 11.4. The molecule has 1 amide bonds. The fourth-order valence-corrected chi connectivity index (χ4v) is 3.97. The summed E-state index contributed by atoms with van der Waals surface area (Å²) >= 11 is 0. The minimum atomic E-state index is -0.0885. The molecule has 3 aromatic rings. The highest BCUT2D eigenvalue weighted by atomic mass is 16.5. The van der Waals surface area contributed by atoms with Crippen LogP contribution in [0.5, 0.6) is 5.75 Å². The van der Waals surface area contributed by atoms with Gasteiger partial charge in [0.25, 0.3) is 5.91 Å². The predicted octanol–water partition coefficient (Wildman–Crippen LogP) is 4.51. The van der Waals surface area contributed by atoms with E-state index in [1.165, 1.54) is 5.69 Å². The highest BCUT2D eigenvalue weighted by Crippen LogP contribution is 2.22. The van der Waals surface area contributed by atoms with E-state index in [4.69, 9.17) is 4.74 Å². The van der Waals surface area contributed by atoms with Crippen molar-refractivity contribution < 1.29 is 9.53 Å². The molecule has 1 aliphatic rings. The van der Waals surface area contributed by atoms with Crippen LogP contribution in [0.3, 0.4) is 0 Å². The molecule has 1 fully saturated rings. The number of amides is 1. The Balaban J connectivity index is 1.25. The lowest BCUT2D eigenvalue weighted by atomic mass is 10.1. The molecule has 1 saturated heterocycles. The molecule has 0 unspecified atom stereocenters. The van der Waals surface area contributed by atoms with Gasteiger partial charge in [-0.2, -0.15) is 5.10 Å². The van der Waals surface area contributed by atoms with Crippen molar-refractivity contribution in [2.45, 2.75) is 51.8 Å². The lowest BCUT2D eigenvalue weighted by Crippen LogP contribution is -2.37. The zero-order chi connectivity index (χ0) is 22.3. The lowest BCUT2D eigenvalue weighted by Gasteiger charge is -2.31. The van der Waals surface area contributed by atoms with Crippen molar-refractivity contribution in [3.8, 4) is 5.75 Å². The number of benzene rings is 2. The normalized spacial score (nSPS) is 15.1. The van der Waals surface area contributed by atoms with Gasteiger partial charge in [0.15, 0.2) is 0 Å². The summed E-state index contributed by atoms with van der Waals surface area (Å²) in [5.74, 6) is 1.11. The highest BCUT2D eigenvalue weighted by Gasteiger charge is 2.21. The van der Waals surface area contributed by atoms with Gasteiger partial charge in [0.05, 0.1) is 5.69 Å². The number of nitrogens with zero attached hydrogens (tertiary/aromatic N) is 2. The van der Waals surface area contributed by atoms with Crippen LogP contribution in [0.4, 0.5) is 0 Å². The van der Waals surface area contributed by atoms with E-state index in [0.717, 1.165) is 49.5 Å². The first-order chi connectivity index (χ1) is 15.6. The molecule has 1 aromatic heterocycles. The summed E-state index contributed by atoms with van der Waals surface area (Å²) in [7, 11) is 0. The molecule has 6 nitrogen and oxygen atoms in total. The minimum Gasteiger partial charge on any atom is -0.490 e. The van der Waals surface area contributed by atoms with Gasteiger partial charge in [-0.3, -0.25) is 14.8 Å². The quantitative estimate of drug-likeness (QED) is 0.550. The van der Waals surface area contributed by atoms with Gasteiger partial charge in [-0.25, -0.2) is 0 Å². The van der Waals surface area contributed by atoms with Crippen LogP contribution >= 0.6 is 0 Å². The van der Waals surface area contributed by atoms with Crippen LogP contribution in [0.25, 0.3) is 0 Å². The Bertz CT molecular complexity index is 1010. The molecular weight excluding hydrogens is 400 g/mol. The van der Waals surface area contributed by atoms with E-state index >= 15 is 0 Å². The minimum absolute atomic E-state index is 0.0885. The maximum atomic E-state index is 12.5. The second-order valence-electron chi connectivity index (χ2n) is 8.76. The molecule has 0 aliphatic carbocycles. The van der Waals surface area contributed by atoms with E-state index in [1.807, 2.05) is 54.6 Å². The standard InChI is InChI=1S/C26H32N4O2/c1-19(2)25-16-22(28-29-25)18-30-13-11-23(12-14-30)32-24-10-6-9-21(15-24)26(31)27-17-20-7-4-3-5-8-20/h3-10,15-16,19,23H,11-14,17-18H2,1-2H3,(H,27,31)(H,28,29). The van der Waals surface area contributed by atoms with Gasteiger partial charge < -0.3 is 10.1 Å². The second kappa shape index (κ2) is 10.5. The molecule has 32 heavy (non-hydrogen) atoms. The molecule has 168 valence electrons. The van der Waals surface area contributed by atoms with Crippen LogP contribution < -0.4 is 10.1 Å². The van der Waals surface area contributed by atoms with Crippen LogP contribution in [0, 0.1) is 0 Å². The van der Waals surface area contributed by atoms with E-state index in [9.17, 15) is 4.79 Å². The SMILES string of the molecule is CC(C)c1cc(CN2CCC(Oc3cccc(C(=O)NCc4ccccc4)c3)CC2)[nH]n1. The fourth-order valence-electron chi connectivity index (χ4n) is 3.97. The van der Waals surface area contributed by atoms with Crippen molar-refractivity contribution in [1.82, 2.24) is 20.4 Å². The summed E-state index contributed by atoms with van der Waals surface area (Å²) in [4.78, 5) is 15.0. The fraction of sp³-hybridized carbons (Fsp3) is 0.385. The molecular formula is C26H32N4O2. The average molecular weight is 433 g/mol. The second-order valence-corrected chi connectivity index (χ2v) is 8.76. The maximum absolute atomic E-state index is 12.5. The van der Waals surface area contributed by atoms with E-state index in [2.05, 4.69) is 40.3 Å². The lowest BCUT2D eigenvalue weighted by molar-refractivity contribution is 0.0932. The highest BCUT2D eigenvalue weighted by molar-refractivity contribution is 5.94. The van der Waals surface area contributed by atoms with Gasteiger partial charge in [-0.1, -0.05) is 50.2 Å². The molecule has 1 aliphatic heterocycles. The van der Waals surface area contributed by atoms with Crippen molar-refractivity contribution in [3.05, 3.63) is 83.2 Å². The number of hydrogen-bond acceptors (Lipinski definition) is 4. The Kier molecular flexibility index (Phi) is 7.22. The number of piperidine rings is 1. The van der Waals surface area contributed by atoms with Crippen molar-refractivity contribution in [2.75, 3.05) is 13.1 Å². The van der Waals surface area contributed by atoms with Crippen molar-refractivity contribution >= 4 is 5.91 Å². The van der Waals surface area contributed by atoms with Crippen LogP contribution in [0.2, 0.25) is 0 Å². The van der Waals surface area contributed by atoms with Crippen molar-refractivity contribution in [2.24, 2.45) is 0 Å². The number of carbonyl (C=O) groups is 1. The molecule has 2 heterocycles.